The summed E-state index contributed by atoms with van der Waals surface area (Å²) >= 11 is 7.39. The summed E-state index contributed by atoms with van der Waals surface area (Å²) in [6.45, 7) is 0. The van der Waals surface area contributed by atoms with Crippen LogP contribution in [-0.2, 0) is 0 Å². The summed E-state index contributed by atoms with van der Waals surface area (Å²) in [5.41, 5.74) is 7.95. The van der Waals surface area contributed by atoms with Crippen LogP contribution in [0.3, 0.4) is 0 Å². The second-order valence-corrected chi connectivity index (χ2v) is 4.69. The minimum atomic E-state index is 0.546. The summed E-state index contributed by atoms with van der Waals surface area (Å²) in [7, 11) is 0. The van der Waals surface area contributed by atoms with Gasteiger partial charge in [0.25, 0.3) is 0 Å². The molecular formula is C11H7ClN2OS. The van der Waals surface area contributed by atoms with E-state index < -0.39 is 0 Å². The van der Waals surface area contributed by atoms with Crippen LogP contribution in [-0.4, -0.2) is 4.98 Å². The Hall–Kier alpha value is -1.52. The number of hydrogen-bond acceptors (Lipinski definition) is 4. The van der Waals surface area contributed by atoms with Crippen molar-refractivity contribution < 1.29 is 4.42 Å². The number of oxazole rings is 1. The molecule has 2 N–H and O–H groups in total. The summed E-state index contributed by atoms with van der Waals surface area (Å²) < 4.78 is 5.61. The van der Waals surface area contributed by atoms with E-state index in [4.69, 9.17) is 21.8 Å². The van der Waals surface area contributed by atoms with Crippen LogP contribution in [0.1, 0.15) is 0 Å². The number of rotatable bonds is 1. The fourth-order valence-corrected chi connectivity index (χ4v) is 2.40. The van der Waals surface area contributed by atoms with E-state index in [2.05, 4.69) is 4.98 Å². The smallest absolute Gasteiger partial charge is 0.239 e. The molecule has 0 unspecified atom stereocenters. The molecule has 3 nitrogen and oxygen atoms in total. The number of benzene rings is 1. The van der Waals surface area contributed by atoms with E-state index in [0.29, 0.717) is 22.2 Å². The van der Waals surface area contributed by atoms with Crippen molar-refractivity contribution in [2.75, 3.05) is 5.73 Å². The van der Waals surface area contributed by atoms with Crippen LogP contribution in [0.5, 0.6) is 0 Å². The monoisotopic (exact) mass is 250 g/mol. The van der Waals surface area contributed by atoms with Gasteiger partial charge in [-0.15, -0.1) is 11.3 Å². The number of nitrogen functional groups attached to an aromatic ring is 1. The topological polar surface area (TPSA) is 52.0 Å². The van der Waals surface area contributed by atoms with E-state index in [1.54, 1.807) is 18.2 Å². The molecule has 5 heteroatoms. The van der Waals surface area contributed by atoms with Gasteiger partial charge in [-0.1, -0.05) is 11.6 Å². The molecule has 0 bridgehead atoms. The minimum absolute atomic E-state index is 0.546. The SMILES string of the molecule is Nc1ccsc1-c1nc2cc(Cl)ccc2o1. The molecule has 0 saturated heterocycles. The number of halogens is 1. The first-order valence-corrected chi connectivity index (χ1v) is 5.89. The van der Waals surface area contributed by atoms with Gasteiger partial charge >= 0.3 is 0 Å². The predicted octanol–water partition coefficient (Wildman–Crippen LogP) is 3.79. The van der Waals surface area contributed by atoms with E-state index >= 15 is 0 Å². The van der Waals surface area contributed by atoms with Gasteiger partial charge in [0.05, 0.1) is 5.69 Å². The van der Waals surface area contributed by atoms with Crippen LogP contribution >= 0.6 is 22.9 Å². The zero-order valence-electron chi connectivity index (χ0n) is 8.11. The molecule has 16 heavy (non-hydrogen) atoms. The zero-order chi connectivity index (χ0) is 11.1. The first-order valence-electron chi connectivity index (χ1n) is 4.63. The number of nitrogens with two attached hydrogens (primary N) is 1. The third kappa shape index (κ3) is 1.47. The van der Waals surface area contributed by atoms with Crippen LogP contribution in [0, 0.1) is 0 Å². The van der Waals surface area contributed by atoms with E-state index in [9.17, 15) is 0 Å². The lowest BCUT2D eigenvalue weighted by molar-refractivity contribution is 0.622. The molecule has 0 aliphatic heterocycles. The standard InChI is InChI=1S/C11H7ClN2OS/c12-6-1-2-9-8(5-6)14-11(15-9)10-7(13)3-4-16-10/h1-5H,13H2. The molecule has 1 aromatic carbocycles. The molecule has 0 spiro atoms. The van der Waals surface area contributed by atoms with Crippen molar-refractivity contribution in [3.8, 4) is 10.8 Å². The third-order valence-corrected chi connectivity index (χ3v) is 3.39. The third-order valence-electron chi connectivity index (χ3n) is 2.24. The van der Waals surface area contributed by atoms with Crippen LogP contribution in [0.25, 0.3) is 21.9 Å². The summed E-state index contributed by atoms with van der Waals surface area (Å²) in [4.78, 5) is 5.21. The number of fused-ring (bicyclic) bond motifs is 1. The Bertz CT molecular complexity index is 659. The number of thiophene rings is 1. The molecule has 3 aromatic rings. The number of aromatic nitrogens is 1. The first-order chi connectivity index (χ1) is 7.74. The lowest BCUT2D eigenvalue weighted by atomic mass is 10.3. The molecule has 0 aliphatic rings. The highest BCUT2D eigenvalue weighted by Gasteiger charge is 2.12. The molecule has 2 aromatic heterocycles. The highest BCUT2D eigenvalue weighted by atomic mass is 35.5. The van der Waals surface area contributed by atoms with E-state index in [0.717, 1.165) is 10.4 Å². The number of hydrogen-bond donors (Lipinski definition) is 1. The Morgan fingerprint density at radius 1 is 1.31 bits per heavy atom. The Morgan fingerprint density at radius 3 is 2.94 bits per heavy atom. The van der Waals surface area contributed by atoms with E-state index in [1.165, 1.54) is 11.3 Å². The van der Waals surface area contributed by atoms with Crippen molar-refractivity contribution in [1.82, 2.24) is 4.98 Å². The van der Waals surface area contributed by atoms with Crippen LogP contribution < -0.4 is 5.73 Å². The summed E-state index contributed by atoms with van der Waals surface area (Å²) in [6.07, 6.45) is 0. The fraction of sp³-hybridized carbons (Fsp3) is 0. The van der Waals surface area contributed by atoms with Crippen molar-refractivity contribution in [3.63, 3.8) is 0 Å². The maximum atomic E-state index is 5.88. The van der Waals surface area contributed by atoms with Gasteiger partial charge in [0.15, 0.2) is 5.58 Å². The summed E-state index contributed by atoms with van der Waals surface area (Å²) in [5.74, 6) is 0.546. The number of nitrogens with zero attached hydrogens (tertiary/aromatic N) is 1. The van der Waals surface area contributed by atoms with E-state index in [1.807, 2.05) is 11.4 Å². The first kappa shape index (κ1) is 9.69. The maximum Gasteiger partial charge on any atom is 0.239 e. The summed E-state index contributed by atoms with van der Waals surface area (Å²) in [6, 6.07) is 7.18. The molecule has 0 aliphatic carbocycles. The fourth-order valence-electron chi connectivity index (χ4n) is 1.49. The van der Waals surface area contributed by atoms with Gasteiger partial charge in [-0.25, -0.2) is 4.98 Å². The minimum Gasteiger partial charge on any atom is -0.435 e. The molecule has 0 radical (unpaired) electrons. The van der Waals surface area contributed by atoms with E-state index in [-0.39, 0.29) is 0 Å². The van der Waals surface area contributed by atoms with Gasteiger partial charge < -0.3 is 10.2 Å². The van der Waals surface area contributed by atoms with Crippen LogP contribution in [0.2, 0.25) is 5.02 Å². The van der Waals surface area contributed by atoms with Crippen molar-refractivity contribution >= 4 is 39.7 Å². The maximum absolute atomic E-state index is 5.88. The van der Waals surface area contributed by atoms with Crippen molar-refractivity contribution in [2.24, 2.45) is 0 Å². The Morgan fingerprint density at radius 2 is 2.19 bits per heavy atom. The van der Waals surface area contributed by atoms with Gasteiger partial charge in [0.2, 0.25) is 5.89 Å². The van der Waals surface area contributed by atoms with Crippen LogP contribution in [0.15, 0.2) is 34.1 Å². The van der Waals surface area contributed by atoms with Gasteiger partial charge in [-0.05, 0) is 29.6 Å². The summed E-state index contributed by atoms with van der Waals surface area (Å²) in [5, 5.41) is 2.55. The molecule has 0 atom stereocenters. The molecule has 80 valence electrons. The lowest BCUT2D eigenvalue weighted by Crippen LogP contribution is -1.83. The molecule has 0 fully saturated rings. The Labute approximate surface area is 100 Å². The molecule has 0 saturated carbocycles. The number of anilines is 1. The largest absolute Gasteiger partial charge is 0.435 e. The predicted molar refractivity (Wildman–Crippen MR) is 66.7 cm³/mol. The van der Waals surface area contributed by atoms with Gasteiger partial charge in [0.1, 0.15) is 10.4 Å². The highest BCUT2D eigenvalue weighted by Crippen LogP contribution is 2.33. The average Bonchev–Trinajstić information content (AvgIpc) is 2.82. The normalized spacial score (nSPS) is 11.1. The molecule has 3 rings (SSSR count). The van der Waals surface area contributed by atoms with Crippen molar-refractivity contribution in [3.05, 3.63) is 34.7 Å². The van der Waals surface area contributed by atoms with Crippen molar-refractivity contribution in [2.45, 2.75) is 0 Å². The second kappa shape index (κ2) is 3.50. The highest BCUT2D eigenvalue weighted by molar-refractivity contribution is 7.14. The Kier molecular flexibility index (Phi) is 2.12. The van der Waals surface area contributed by atoms with Gasteiger partial charge in [0, 0.05) is 5.02 Å². The van der Waals surface area contributed by atoms with Gasteiger partial charge in [-0.2, -0.15) is 0 Å². The Balaban J connectivity index is 2.23. The van der Waals surface area contributed by atoms with Crippen molar-refractivity contribution in [1.29, 1.82) is 0 Å². The van der Waals surface area contributed by atoms with Crippen LogP contribution in [0.4, 0.5) is 5.69 Å². The molecule has 0 amide bonds. The average molecular weight is 251 g/mol. The quantitative estimate of drug-likeness (QED) is 0.715. The zero-order valence-corrected chi connectivity index (χ0v) is 9.68. The second-order valence-electron chi connectivity index (χ2n) is 3.34. The molecular weight excluding hydrogens is 244 g/mol. The molecule has 2 heterocycles. The van der Waals surface area contributed by atoms with Gasteiger partial charge in [-0.3, -0.25) is 0 Å². The lowest BCUT2D eigenvalue weighted by Gasteiger charge is -1.90.